The van der Waals surface area contributed by atoms with E-state index in [0.717, 1.165) is 12.8 Å². The number of halogens is 1. The van der Waals surface area contributed by atoms with Gasteiger partial charge in [0.2, 0.25) is 9.05 Å². The van der Waals surface area contributed by atoms with Crippen molar-refractivity contribution >= 4 is 19.7 Å². The van der Waals surface area contributed by atoms with E-state index in [9.17, 15) is 8.42 Å². The number of rotatable bonds is 1. The monoisotopic (exact) mass is 180 g/mol. The lowest BCUT2D eigenvalue weighted by Crippen LogP contribution is -2.13. The van der Waals surface area contributed by atoms with Gasteiger partial charge in [0.15, 0.2) is 0 Å². The summed E-state index contributed by atoms with van der Waals surface area (Å²) >= 11 is 0. The van der Waals surface area contributed by atoms with Crippen molar-refractivity contribution in [2.45, 2.75) is 24.5 Å². The Morgan fingerprint density at radius 3 is 1.90 bits per heavy atom. The summed E-state index contributed by atoms with van der Waals surface area (Å²) in [7, 11) is 1.96. The molecule has 4 heteroatoms. The first kappa shape index (κ1) is 6.92. The summed E-state index contributed by atoms with van der Waals surface area (Å²) in [6.07, 6.45) is 2.87. The molecule has 0 radical (unpaired) electrons. The van der Waals surface area contributed by atoms with Crippen LogP contribution in [0.1, 0.15) is 19.3 Å². The smallest absolute Gasteiger partial charge is 0.212 e. The van der Waals surface area contributed by atoms with E-state index >= 15 is 0 Å². The molecule has 10 heavy (non-hydrogen) atoms. The molecule has 0 saturated heterocycles. The van der Waals surface area contributed by atoms with Crippen LogP contribution < -0.4 is 0 Å². The Bertz CT molecular complexity index is 236. The normalized spacial score (nSPS) is 45.1. The van der Waals surface area contributed by atoms with E-state index in [-0.39, 0.29) is 5.25 Å². The first-order chi connectivity index (χ1) is 4.57. The van der Waals surface area contributed by atoms with Gasteiger partial charge in [-0.15, -0.1) is 0 Å². The van der Waals surface area contributed by atoms with Gasteiger partial charge in [0.25, 0.3) is 0 Å². The minimum absolute atomic E-state index is 0.224. The first-order valence-electron chi connectivity index (χ1n) is 3.51. The van der Waals surface area contributed by atoms with Crippen molar-refractivity contribution in [3.05, 3.63) is 0 Å². The van der Waals surface area contributed by atoms with Gasteiger partial charge >= 0.3 is 0 Å². The maximum absolute atomic E-state index is 10.8. The van der Waals surface area contributed by atoms with Crippen LogP contribution in [0, 0.1) is 11.8 Å². The second kappa shape index (κ2) is 1.89. The topological polar surface area (TPSA) is 34.1 Å². The molecule has 0 aromatic heterocycles. The van der Waals surface area contributed by atoms with Gasteiger partial charge in [0.1, 0.15) is 0 Å². The Morgan fingerprint density at radius 2 is 1.60 bits per heavy atom. The van der Waals surface area contributed by atoms with Gasteiger partial charge in [-0.25, -0.2) is 8.42 Å². The summed E-state index contributed by atoms with van der Waals surface area (Å²) in [6, 6.07) is 0. The summed E-state index contributed by atoms with van der Waals surface area (Å²) in [4.78, 5) is 0. The number of fused-ring (bicyclic) bond motifs is 1. The zero-order chi connectivity index (χ0) is 7.35. The molecule has 0 N–H and O–H groups in total. The molecular formula is C6H9ClO2S. The maximum Gasteiger partial charge on any atom is 0.235 e. The predicted molar refractivity (Wildman–Crippen MR) is 39.4 cm³/mol. The van der Waals surface area contributed by atoms with E-state index in [1.54, 1.807) is 0 Å². The van der Waals surface area contributed by atoms with Crippen LogP contribution >= 0.6 is 10.7 Å². The Hall–Kier alpha value is 0.240. The molecule has 2 atom stereocenters. The Kier molecular flexibility index (Phi) is 1.30. The summed E-state index contributed by atoms with van der Waals surface area (Å²) < 4.78 is 21.5. The molecule has 2 fully saturated rings. The first-order valence-corrected chi connectivity index (χ1v) is 5.88. The molecular weight excluding hydrogens is 172 g/mol. The van der Waals surface area contributed by atoms with Gasteiger partial charge in [-0.2, -0.15) is 0 Å². The fraction of sp³-hybridized carbons (Fsp3) is 1.00. The van der Waals surface area contributed by atoms with E-state index in [4.69, 9.17) is 10.7 Å². The molecule has 0 amide bonds. The molecule has 2 unspecified atom stereocenters. The van der Waals surface area contributed by atoms with Crippen LogP contribution in [0.5, 0.6) is 0 Å². The predicted octanol–water partition coefficient (Wildman–Crippen LogP) is 1.35. The van der Waals surface area contributed by atoms with E-state index in [2.05, 4.69) is 0 Å². The van der Waals surface area contributed by atoms with Crippen molar-refractivity contribution in [2.24, 2.45) is 11.8 Å². The molecule has 0 bridgehead atoms. The Labute approximate surface area is 65.0 Å². The van der Waals surface area contributed by atoms with E-state index < -0.39 is 9.05 Å². The van der Waals surface area contributed by atoms with Gasteiger partial charge < -0.3 is 0 Å². The van der Waals surface area contributed by atoms with Crippen LogP contribution in [-0.4, -0.2) is 13.7 Å². The van der Waals surface area contributed by atoms with Gasteiger partial charge in [0.05, 0.1) is 5.25 Å². The minimum atomic E-state index is -3.23. The summed E-state index contributed by atoms with van der Waals surface area (Å²) in [5.41, 5.74) is 0. The van der Waals surface area contributed by atoms with Crippen LogP contribution in [0.2, 0.25) is 0 Å². The zero-order valence-corrected chi connectivity index (χ0v) is 7.03. The van der Waals surface area contributed by atoms with Crippen LogP contribution in [-0.2, 0) is 9.05 Å². The summed E-state index contributed by atoms with van der Waals surface area (Å²) in [5, 5.41) is -0.224. The second-order valence-corrected chi connectivity index (χ2v) is 6.23. The van der Waals surface area contributed by atoms with Crippen LogP contribution in [0.25, 0.3) is 0 Å². The van der Waals surface area contributed by atoms with Crippen molar-refractivity contribution in [3.63, 3.8) is 0 Å². The van der Waals surface area contributed by atoms with Crippen molar-refractivity contribution in [3.8, 4) is 0 Å². The van der Waals surface area contributed by atoms with Crippen LogP contribution in [0.3, 0.4) is 0 Å². The van der Waals surface area contributed by atoms with Crippen molar-refractivity contribution in [1.82, 2.24) is 0 Å². The fourth-order valence-electron chi connectivity index (χ4n) is 1.89. The van der Waals surface area contributed by atoms with Crippen molar-refractivity contribution in [1.29, 1.82) is 0 Å². The third-order valence-electron chi connectivity index (χ3n) is 2.60. The van der Waals surface area contributed by atoms with Crippen molar-refractivity contribution < 1.29 is 8.42 Å². The maximum atomic E-state index is 10.8. The molecule has 0 aromatic carbocycles. The van der Waals surface area contributed by atoms with Gasteiger partial charge in [-0.1, -0.05) is 0 Å². The highest BCUT2D eigenvalue weighted by Gasteiger charge is 2.49. The molecule has 2 saturated carbocycles. The highest BCUT2D eigenvalue weighted by atomic mass is 35.7. The van der Waals surface area contributed by atoms with E-state index in [0.29, 0.717) is 11.8 Å². The number of hydrogen-bond donors (Lipinski definition) is 0. The second-order valence-electron chi connectivity index (χ2n) is 3.32. The van der Waals surface area contributed by atoms with Crippen LogP contribution in [0.4, 0.5) is 0 Å². The van der Waals surface area contributed by atoms with Gasteiger partial charge in [-0.3, -0.25) is 0 Å². The lowest BCUT2D eigenvalue weighted by atomic mass is 10.2. The molecule has 58 valence electrons. The van der Waals surface area contributed by atoms with Gasteiger partial charge in [0, 0.05) is 10.7 Å². The number of hydrogen-bond acceptors (Lipinski definition) is 2. The molecule has 2 aliphatic carbocycles. The molecule has 2 aliphatic rings. The zero-order valence-electron chi connectivity index (χ0n) is 5.46. The van der Waals surface area contributed by atoms with Crippen LogP contribution in [0.15, 0.2) is 0 Å². The molecule has 0 spiro atoms. The third-order valence-corrected chi connectivity index (χ3v) is 4.54. The molecule has 2 rings (SSSR count). The highest BCUT2D eigenvalue weighted by molar-refractivity contribution is 8.14. The largest absolute Gasteiger partial charge is 0.235 e. The molecule has 0 aromatic rings. The summed E-state index contributed by atoms with van der Waals surface area (Å²) in [5.74, 6) is 1.39. The highest BCUT2D eigenvalue weighted by Crippen LogP contribution is 2.53. The molecule has 2 nitrogen and oxygen atoms in total. The lowest BCUT2D eigenvalue weighted by molar-refractivity contribution is 0.584. The standard InChI is InChI=1S/C6H9ClO2S/c7-10(8,9)6-2-4-1-5(4)3-6/h4-6H,1-3H2. The fourth-order valence-corrected chi connectivity index (χ4v) is 3.28. The van der Waals surface area contributed by atoms with Crippen molar-refractivity contribution in [2.75, 3.05) is 0 Å². The average Bonchev–Trinajstić information content (AvgIpc) is 2.38. The van der Waals surface area contributed by atoms with E-state index in [1.165, 1.54) is 6.42 Å². The van der Waals surface area contributed by atoms with Gasteiger partial charge in [-0.05, 0) is 31.1 Å². The lowest BCUT2D eigenvalue weighted by Gasteiger charge is -2.04. The average molecular weight is 181 g/mol. The molecule has 0 aliphatic heterocycles. The Balaban J connectivity index is 2.10. The summed E-state index contributed by atoms with van der Waals surface area (Å²) in [6.45, 7) is 0. The quantitative estimate of drug-likeness (QED) is 0.571. The molecule has 0 heterocycles. The third kappa shape index (κ3) is 1.05. The SMILES string of the molecule is O=S(=O)(Cl)C1CC2CC2C1. The minimum Gasteiger partial charge on any atom is -0.212 e. The Morgan fingerprint density at radius 1 is 1.10 bits per heavy atom. The van der Waals surface area contributed by atoms with E-state index in [1.807, 2.05) is 0 Å².